The number of aromatic nitrogens is 1. The molecule has 0 bridgehead atoms. The number of ether oxygens (including phenoxy) is 2. The minimum absolute atomic E-state index is 0.0858. The molecule has 0 saturated heterocycles. The monoisotopic (exact) mass is 382 g/mol. The van der Waals surface area contributed by atoms with E-state index < -0.39 is 0 Å². The van der Waals surface area contributed by atoms with Gasteiger partial charge in [0.15, 0.2) is 0 Å². The molecule has 1 N–H and O–H groups in total. The van der Waals surface area contributed by atoms with Crippen LogP contribution in [-0.4, -0.2) is 23.5 Å². The van der Waals surface area contributed by atoms with Crippen LogP contribution < -0.4 is 5.32 Å². The maximum Gasteiger partial charge on any atom is 0.270 e. The predicted octanol–water partition coefficient (Wildman–Crippen LogP) is 4.40. The van der Waals surface area contributed by atoms with Crippen molar-refractivity contribution in [2.24, 2.45) is 0 Å². The second-order valence-electron chi connectivity index (χ2n) is 7.31. The number of pyridine rings is 1. The summed E-state index contributed by atoms with van der Waals surface area (Å²) in [6, 6.07) is 12.2. The van der Waals surface area contributed by atoms with E-state index in [1.165, 1.54) is 19.3 Å². The van der Waals surface area contributed by atoms with Crippen LogP contribution >= 0.6 is 0 Å². The van der Waals surface area contributed by atoms with Crippen molar-refractivity contribution in [2.75, 3.05) is 6.61 Å². The molecule has 0 aliphatic heterocycles. The number of benzene rings is 1. The summed E-state index contributed by atoms with van der Waals surface area (Å²) < 4.78 is 11.3. The fourth-order valence-electron chi connectivity index (χ4n) is 3.51. The van der Waals surface area contributed by atoms with E-state index in [-0.39, 0.29) is 11.9 Å². The van der Waals surface area contributed by atoms with Gasteiger partial charge in [-0.15, -0.1) is 0 Å². The first kappa shape index (κ1) is 20.5. The third-order valence-electron chi connectivity index (χ3n) is 5.00. The molecule has 1 amide bonds. The topological polar surface area (TPSA) is 60.5 Å². The summed E-state index contributed by atoms with van der Waals surface area (Å²) in [4.78, 5) is 16.7. The molecule has 0 radical (unpaired) electrons. The molecule has 1 aromatic carbocycles. The minimum Gasteiger partial charge on any atom is -0.377 e. The lowest BCUT2D eigenvalue weighted by molar-refractivity contribution is 0.0920. The van der Waals surface area contributed by atoms with Crippen LogP contribution in [0.3, 0.4) is 0 Å². The Bertz CT molecular complexity index is 757. The van der Waals surface area contributed by atoms with Gasteiger partial charge in [0.05, 0.1) is 19.8 Å². The molecule has 28 heavy (non-hydrogen) atoms. The van der Waals surface area contributed by atoms with E-state index >= 15 is 0 Å². The first-order valence-corrected chi connectivity index (χ1v) is 10.2. The number of nitrogens with one attached hydrogen (secondary N) is 1. The number of rotatable bonds is 9. The van der Waals surface area contributed by atoms with Gasteiger partial charge in [0, 0.05) is 18.8 Å². The maximum atomic E-state index is 12.5. The largest absolute Gasteiger partial charge is 0.377 e. The number of hydrogen-bond acceptors (Lipinski definition) is 4. The molecule has 5 nitrogen and oxygen atoms in total. The van der Waals surface area contributed by atoms with Crippen molar-refractivity contribution >= 4 is 5.91 Å². The molecule has 3 rings (SSSR count). The summed E-state index contributed by atoms with van der Waals surface area (Å²) in [5.74, 6) is -0.0858. The van der Waals surface area contributed by atoms with Crippen molar-refractivity contribution in [3.05, 3.63) is 65.0 Å². The third kappa shape index (κ3) is 6.43. The molecule has 0 unspecified atom stereocenters. The summed E-state index contributed by atoms with van der Waals surface area (Å²) in [7, 11) is 0. The molecule has 2 aromatic rings. The fraction of sp³-hybridized carbons (Fsp3) is 0.478. The highest BCUT2D eigenvalue weighted by Crippen LogP contribution is 2.18. The normalized spacial score (nSPS) is 14.8. The summed E-state index contributed by atoms with van der Waals surface area (Å²) in [6.07, 6.45) is 7.47. The van der Waals surface area contributed by atoms with Crippen LogP contribution in [0.1, 0.15) is 66.2 Å². The highest BCUT2D eigenvalue weighted by atomic mass is 16.5. The van der Waals surface area contributed by atoms with Crippen LogP contribution in [0.5, 0.6) is 0 Å². The molecule has 1 saturated carbocycles. The third-order valence-corrected chi connectivity index (χ3v) is 5.00. The summed E-state index contributed by atoms with van der Waals surface area (Å²) in [6.45, 7) is 4.28. The Hall–Kier alpha value is -2.24. The van der Waals surface area contributed by atoms with E-state index in [0.717, 1.165) is 29.5 Å². The van der Waals surface area contributed by atoms with Gasteiger partial charge < -0.3 is 14.8 Å². The van der Waals surface area contributed by atoms with Crippen LogP contribution in [0.15, 0.2) is 42.6 Å². The van der Waals surface area contributed by atoms with Gasteiger partial charge in [-0.05, 0) is 48.6 Å². The average molecular weight is 383 g/mol. The van der Waals surface area contributed by atoms with Crippen LogP contribution in [0, 0.1) is 0 Å². The number of nitrogens with zero attached hydrogens (tertiary/aromatic N) is 1. The second kappa shape index (κ2) is 10.9. The van der Waals surface area contributed by atoms with Gasteiger partial charge >= 0.3 is 0 Å². The number of carbonyl (C=O) groups excluding carboxylic acids is 1. The standard InChI is InChI=1S/C23H30N2O3/c1-2-27-15-18-7-6-8-19(13-18)16-28-17-20-11-12-24-22(14-20)23(26)25-21-9-4-3-5-10-21/h6-8,11-14,21H,2-5,9-10,15-17H2,1H3,(H,25,26). The Morgan fingerprint density at radius 1 is 1.00 bits per heavy atom. The molecule has 1 heterocycles. The van der Waals surface area contributed by atoms with Gasteiger partial charge in [-0.1, -0.05) is 43.5 Å². The lowest BCUT2D eigenvalue weighted by Gasteiger charge is -2.22. The van der Waals surface area contributed by atoms with Crippen LogP contribution in [0.4, 0.5) is 0 Å². The number of amides is 1. The van der Waals surface area contributed by atoms with Crippen molar-refractivity contribution < 1.29 is 14.3 Å². The molecule has 0 spiro atoms. The van der Waals surface area contributed by atoms with E-state index in [1.807, 2.05) is 31.2 Å². The zero-order valence-electron chi connectivity index (χ0n) is 16.7. The average Bonchev–Trinajstić information content (AvgIpc) is 2.73. The number of hydrogen-bond donors (Lipinski definition) is 1. The second-order valence-corrected chi connectivity index (χ2v) is 7.31. The summed E-state index contributed by atoms with van der Waals surface area (Å²) >= 11 is 0. The zero-order chi connectivity index (χ0) is 19.6. The van der Waals surface area contributed by atoms with Crippen LogP contribution in [-0.2, 0) is 29.3 Å². The van der Waals surface area contributed by atoms with Gasteiger partial charge in [0.1, 0.15) is 5.69 Å². The van der Waals surface area contributed by atoms with Crippen LogP contribution in [0.25, 0.3) is 0 Å². The van der Waals surface area contributed by atoms with Crippen molar-refractivity contribution in [1.82, 2.24) is 10.3 Å². The summed E-state index contributed by atoms with van der Waals surface area (Å²) in [5.41, 5.74) is 3.68. The van der Waals surface area contributed by atoms with E-state index in [9.17, 15) is 4.79 Å². The minimum atomic E-state index is -0.0858. The highest BCUT2D eigenvalue weighted by molar-refractivity contribution is 5.92. The smallest absolute Gasteiger partial charge is 0.270 e. The maximum absolute atomic E-state index is 12.5. The van der Waals surface area contributed by atoms with Crippen molar-refractivity contribution in [3.63, 3.8) is 0 Å². The van der Waals surface area contributed by atoms with E-state index in [0.29, 0.717) is 32.1 Å². The van der Waals surface area contributed by atoms with E-state index in [2.05, 4.69) is 22.4 Å². The van der Waals surface area contributed by atoms with Crippen molar-refractivity contribution in [2.45, 2.75) is 64.9 Å². The SMILES string of the molecule is CCOCc1cccc(COCc2ccnc(C(=O)NC3CCCCC3)c2)c1. The molecular weight excluding hydrogens is 352 g/mol. The molecule has 5 heteroatoms. The van der Waals surface area contributed by atoms with Gasteiger partial charge in [-0.2, -0.15) is 0 Å². The molecule has 1 aromatic heterocycles. The lowest BCUT2D eigenvalue weighted by Crippen LogP contribution is -2.36. The molecule has 1 aliphatic rings. The quantitative estimate of drug-likeness (QED) is 0.698. The first-order chi connectivity index (χ1) is 13.7. The number of carbonyl (C=O) groups is 1. The van der Waals surface area contributed by atoms with Crippen molar-refractivity contribution in [3.8, 4) is 0 Å². The van der Waals surface area contributed by atoms with E-state index in [1.54, 1.807) is 6.20 Å². The van der Waals surface area contributed by atoms with Gasteiger partial charge in [0.25, 0.3) is 5.91 Å². The van der Waals surface area contributed by atoms with E-state index in [4.69, 9.17) is 9.47 Å². The zero-order valence-corrected chi connectivity index (χ0v) is 16.7. The van der Waals surface area contributed by atoms with Gasteiger partial charge in [0.2, 0.25) is 0 Å². The molecule has 1 fully saturated rings. The van der Waals surface area contributed by atoms with Gasteiger partial charge in [-0.3, -0.25) is 9.78 Å². The molecule has 150 valence electrons. The summed E-state index contributed by atoms with van der Waals surface area (Å²) in [5, 5.41) is 3.11. The van der Waals surface area contributed by atoms with Crippen molar-refractivity contribution in [1.29, 1.82) is 0 Å². The highest BCUT2D eigenvalue weighted by Gasteiger charge is 2.17. The fourth-order valence-corrected chi connectivity index (χ4v) is 3.51. The van der Waals surface area contributed by atoms with Gasteiger partial charge in [-0.25, -0.2) is 0 Å². The molecular formula is C23H30N2O3. The molecule has 0 atom stereocenters. The Morgan fingerprint density at radius 3 is 2.39 bits per heavy atom. The Morgan fingerprint density at radius 2 is 1.68 bits per heavy atom. The Kier molecular flexibility index (Phi) is 8.00. The van der Waals surface area contributed by atoms with Crippen LogP contribution in [0.2, 0.25) is 0 Å². The Balaban J connectivity index is 1.49. The predicted molar refractivity (Wildman–Crippen MR) is 109 cm³/mol. The Labute approximate surface area is 167 Å². The lowest BCUT2D eigenvalue weighted by atomic mass is 9.95. The first-order valence-electron chi connectivity index (χ1n) is 10.2. The molecule has 1 aliphatic carbocycles.